The van der Waals surface area contributed by atoms with Gasteiger partial charge in [-0.3, -0.25) is 4.79 Å². The molecule has 3 N–H and O–H groups in total. The van der Waals surface area contributed by atoms with Crippen molar-refractivity contribution in [3.05, 3.63) is 11.6 Å². The summed E-state index contributed by atoms with van der Waals surface area (Å²) in [5.41, 5.74) is 6.92. The second-order valence-electron chi connectivity index (χ2n) is 5.83. The second kappa shape index (κ2) is 6.90. The maximum Gasteiger partial charge on any atom is 0.234 e. The number of amides is 1. The molecule has 3 unspecified atom stereocenters. The summed E-state index contributed by atoms with van der Waals surface area (Å²) < 4.78 is 0. The average molecular weight is 253 g/mol. The van der Waals surface area contributed by atoms with Gasteiger partial charge in [-0.25, -0.2) is 0 Å². The van der Waals surface area contributed by atoms with Crippen molar-refractivity contribution in [2.75, 3.05) is 27.2 Å². The number of likely N-dealkylation sites (N-methyl/N-ethyl adjacent to an activating group) is 1. The van der Waals surface area contributed by atoms with Gasteiger partial charge in [-0.15, -0.1) is 0 Å². The molecule has 0 aromatic heterocycles. The normalized spacial score (nSPS) is 25.9. The molecule has 4 nitrogen and oxygen atoms in total. The molecule has 1 aliphatic carbocycles. The highest BCUT2D eigenvalue weighted by atomic mass is 16.1. The third-order valence-corrected chi connectivity index (χ3v) is 3.53. The van der Waals surface area contributed by atoms with Crippen molar-refractivity contribution < 1.29 is 4.79 Å². The minimum absolute atomic E-state index is 0.198. The van der Waals surface area contributed by atoms with Crippen LogP contribution in [-0.4, -0.2) is 44.0 Å². The molecule has 4 heteroatoms. The van der Waals surface area contributed by atoms with Gasteiger partial charge in [-0.2, -0.15) is 0 Å². The Morgan fingerprint density at radius 1 is 1.61 bits per heavy atom. The number of primary amides is 1. The minimum atomic E-state index is -0.222. The van der Waals surface area contributed by atoms with E-state index in [0.717, 1.165) is 25.9 Å². The highest BCUT2D eigenvalue weighted by Gasteiger charge is 2.29. The van der Waals surface area contributed by atoms with E-state index < -0.39 is 0 Å². The topological polar surface area (TPSA) is 58.4 Å². The lowest BCUT2D eigenvalue weighted by Crippen LogP contribution is -2.49. The molecule has 104 valence electrons. The predicted molar refractivity (Wildman–Crippen MR) is 75.2 cm³/mol. The van der Waals surface area contributed by atoms with Crippen LogP contribution in [0.2, 0.25) is 0 Å². The summed E-state index contributed by atoms with van der Waals surface area (Å²) in [4.78, 5) is 13.7. The molecule has 1 amide bonds. The molecule has 0 fully saturated rings. The molecule has 0 heterocycles. The number of hydrogen-bond acceptors (Lipinski definition) is 3. The van der Waals surface area contributed by atoms with Gasteiger partial charge in [-0.1, -0.05) is 18.6 Å². The largest absolute Gasteiger partial charge is 0.368 e. The van der Waals surface area contributed by atoms with Crippen molar-refractivity contribution in [1.29, 1.82) is 0 Å². The lowest BCUT2D eigenvalue weighted by atomic mass is 9.79. The van der Waals surface area contributed by atoms with Gasteiger partial charge in [0, 0.05) is 13.1 Å². The number of carbonyl (C=O) groups excluding carboxylic acids is 1. The number of rotatable bonds is 6. The summed E-state index contributed by atoms with van der Waals surface area (Å²) in [6, 6.07) is -0.198. The first kappa shape index (κ1) is 15.2. The Hall–Kier alpha value is -0.870. The Kier molecular flexibility index (Phi) is 5.82. The van der Waals surface area contributed by atoms with Crippen LogP contribution in [0.5, 0.6) is 0 Å². The molecule has 0 spiro atoms. The zero-order chi connectivity index (χ0) is 13.7. The summed E-state index contributed by atoms with van der Waals surface area (Å²) in [5, 5.41) is 3.32. The van der Waals surface area contributed by atoms with Gasteiger partial charge in [0.25, 0.3) is 0 Å². The van der Waals surface area contributed by atoms with Crippen molar-refractivity contribution in [2.45, 2.75) is 32.7 Å². The van der Waals surface area contributed by atoms with Crippen LogP contribution in [0.1, 0.15) is 26.7 Å². The predicted octanol–water partition coefficient (Wildman–Crippen LogP) is 0.984. The van der Waals surface area contributed by atoms with E-state index in [-0.39, 0.29) is 11.9 Å². The Bertz CT molecular complexity index is 312. The van der Waals surface area contributed by atoms with Crippen LogP contribution in [-0.2, 0) is 4.79 Å². The standard InChI is InChI=1S/C14H27N3O/c1-10-7-11(2)9-12(8-10)13(14(15)18)16-5-6-17(3)4/h7,10,12-13,16H,5-6,8-9H2,1-4H3,(H2,15,18). The van der Waals surface area contributed by atoms with Crippen molar-refractivity contribution in [3.8, 4) is 0 Å². The number of nitrogens with one attached hydrogen (secondary N) is 1. The van der Waals surface area contributed by atoms with E-state index >= 15 is 0 Å². The number of nitrogens with two attached hydrogens (primary N) is 1. The molecule has 0 aliphatic heterocycles. The fraction of sp³-hybridized carbons (Fsp3) is 0.786. The van der Waals surface area contributed by atoms with E-state index in [1.165, 1.54) is 5.57 Å². The minimum Gasteiger partial charge on any atom is -0.368 e. The maximum atomic E-state index is 11.6. The van der Waals surface area contributed by atoms with E-state index in [0.29, 0.717) is 11.8 Å². The number of allylic oxidation sites excluding steroid dienone is 2. The van der Waals surface area contributed by atoms with Crippen LogP contribution in [0.4, 0.5) is 0 Å². The van der Waals surface area contributed by atoms with Gasteiger partial charge in [0.05, 0.1) is 6.04 Å². The smallest absolute Gasteiger partial charge is 0.234 e. The van der Waals surface area contributed by atoms with Gasteiger partial charge in [0.15, 0.2) is 0 Å². The highest BCUT2D eigenvalue weighted by Crippen LogP contribution is 2.30. The fourth-order valence-electron chi connectivity index (χ4n) is 2.79. The van der Waals surface area contributed by atoms with Gasteiger partial charge < -0.3 is 16.0 Å². The van der Waals surface area contributed by atoms with Gasteiger partial charge in [0.2, 0.25) is 5.91 Å². The quantitative estimate of drug-likeness (QED) is 0.694. The summed E-state index contributed by atoms with van der Waals surface area (Å²) >= 11 is 0. The van der Waals surface area contributed by atoms with Crippen molar-refractivity contribution in [1.82, 2.24) is 10.2 Å². The molecule has 0 aromatic carbocycles. The molecule has 0 saturated carbocycles. The molecule has 0 bridgehead atoms. The lowest BCUT2D eigenvalue weighted by molar-refractivity contribution is -0.121. The van der Waals surface area contributed by atoms with E-state index in [1.807, 2.05) is 14.1 Å². The number of hydrogen-bond donors (Lipinski definition) is 2. The van der Waals surface area contributed by atoms with Crippen LogP contribution in [0.25, 0.3) is 0 Å². The van der Waals surface area contributed by atoms with Gasteiger partial charge >= 0.3 is 0 Å². The summed E-state index contributed by atoms with van der Waals surface area (Å²) in [7, 11) is 4.05. The average Bonchev–Trinajstić information content (AvgIpc) is 2.21. The lowest BCUT2D eigenvalue weighted by Gasteiger charge is -2.31. The van der Waals surface area contributed by atoms with Gasteiger partial charge in [0.1, 0.15) is 0 Å². The van der Waals surface area contributed by atoms with E-state index in [1.54, 1.807) is 0 Å². The van der Waals surface area contributed by atoms with Crippen molar-refractivity contribution in [3.63, 3.8) is 0 Å². The van der Waals surface area contributed by atoms with Crippen LogP contribution >= 0.6 is 0 Å². The second-order valence-corrected chi connectivity index (χ2v) is 5.83. The van der Waals surface area contributed by atoms with E-state index in [4.69, 9.17) is 5.73 Å². The summed E-state index contributed by atoms with van der Waals surface area (Å²) in [6.45, 7) is 6.06. The first-order chi connectivity index (χ1) is 8.40. The van der Waals surface area contributed by atoms with Crippen LogP contribution in [0.15, 0.2) is 11.6 Å². The molecule has 0 radical (unpaired) electrons. The Morgan fingerprint density at radius 2 is 2.28 bits per heavy atom. The molecule has 1 rings (SSSR count). The third-order valence-electron chi connectivity index (χ3n) is 3.53. The molecule has 3 atom stereocenters. The maximum absolute atomic E-state index is 11.6. The summed E-state index contributed by atoms with van der Waals surface area (Å²) in [6.07, 6.45) is 4.32. The van der Waals surface area contributed by atoms with Crippen LogP contribution in [0, 0.1) is 11.8 Å². The SMILES string of the molecule is CC1=CC(C)CC(C(NCCN(C)C)C(N)=O)C1. The first-order valence-corrected chi connectivity index (χ1v) is 6.75. The first-order valence-electron chi connectivity index (χ1n) is 6.75. The highest BCUT2D eigenvalue weighted by molar-refractivity contribution is 5.80. The van der Waals surface area contributed by atoms with Crippen LogP contribution in [0.3, 0.4) is 0 Å². The monoisotopic (exact) mass is 253 g/mol. The van der Waals surface area contributed by atoms with Gasteiger partial charge in [-0.05, 0) is 45.7 Å². The Labute approximate surface area is 111 Å². The van der Waals surface area contributed by atoms with Crippen LogP contribution < -0.4 is 11.1 Å². The molecular weight excluding hydrogens is 226 g/mol. The van der Waals surface area contributed by atoms with Crippen molar-refractivity contribution in [2.24, 2.45) is 17.6 Å². The zero-order valence-electron chi connectivity index (χ0n) is 12.1. The molecule has 18 heavy (non-hydrogen) atoms. The molecule has 0 saturated heterocycles. The molecular formula is C14H27N3O. The van der Waals surface area contributed by atoms with Crippen molar-refractivity contribution >= 4 is 5.91 Å². The Morgan fingerprint density at radius 3 is 2.78 bits per heavy atom. The third kappa shape index (κ3) is 4.78. The van der Waals surface area contributed by atoms with E-state index in [2.05, 4.69) is 30.1 Å². The summed E-state index contributed by atoms with van der Waals surface area (Å²) in [5.74, 6) is 0.659. The zero-order valence-corrected chi connectivity index (χ0v) is 12.1. The molecule has 1 aliphatic rings. The molecule has 0 aromatic rings. The number of nitrogens with zero attached hydrogens (tertiary/aromatic N) is 1. The Balaban J connectivity index is 2.57. The fourth-order valence-corrected chi connectivity index (χ4v) is 2.79. The van der Waals surface area contributed by atoms with E-state index in [9.17, 15) is 4.79 Å². The number of carbonyl (C=O) groups is 1.